The number of hydrogen-bond donors (Lipinski definition) is 2. The van der Waals surface area contributed by atoms with Crippen LogP contribution in [0.5, 0.6) is 0 Å². The van der Waals surface area contributed by atoms with E-state index in [1.807, 2.05) is 0 Å². The monoisotopic (exact) mass is 742 g/mol. The SMILES string of the molecule is CCCCCC/C=C/C=C/CCCCCCCC(=O)OC[C@H](COP(=O)(O)OCCN)OC(=O)CCCCCCCCC/C=C/CCCCCC. The number of hydrogen-bond acceptors (Lipinski definition) is 8. The molecule has 0 radical (unpaired) electrons. The molecule has 0 amide bonds. The lowest BCUT2D eigenvalue weighted by Crippen LogP contribution is -2.29. The van der Waals surface area contributed by atoms with Crippen LogP contribution in [0.25, 0.3) is 0 Å². The molecule has 2 atom stereocenters. The Morgan fingerprint density at radius 3 is 1.51 bits per heavy atom. The molecule has 0 aliphatic rings. The number of ether oxygens (including phenoxy) is 2. The highest BCUT2D eigenvalue weighted by Gasteiger charge is 2.26. The Morgan fingerprint density at radius 1 is 0.588 bits per heavy atom. The molecule has 0 heterocycles. The molecule has 0 spiro atoms. The summed E-state index contributed by atoms with van der Waals surface area (Å²) >= 11 is 0. The number of carbonyl (C=O) groups excluding carboxylic acids is 2. The van der Waals surface area contributed by atoms with Crippen molar-refractivity contribution in [3.63, 3.8) is 0 Å². The molecule has 0 aromatic heterocycles. The van der Waals surface area contributed by atoms with Crippen molar-refractivity contribution in [2.24, 2.45) is 5.73 Å². The summed E-state index contributed by atoms with van der Waals surface area (Å²) in [5.41, 5.74) is 5.34. The van der Waals surface area contributed by atoms with Crippen molar-refractivity contribution in [1.29, 1.82) is 0 Å². The minimum absolute atomic E-state index is 0.0501. The number of phosphoric acid groups is 1. The van der Waals surface area contributed by atoms with Crippen molar-refractivity contribution >= 4 is 19.8 Å². The maximum absolute atomic E-state index is 12.5. The molecular formula is C41H76NO8P. The Balaban J connectivity index is 4.22. The summed E-state index contributed by atoms with van der Waals surface area (Å²) in [6.45, 7) is 3.67. The van der Waals surface area contributed by atoms with Gasteiger partial charge in [-0.15, -0.1) is 0 Å². The third kappa shape index (κ3) is 37.8. The molecule has 298 valence electrons. The molecule has 0 saturated carbocycles. The van der Waals surface area contributed by atoms with Crippen LogP contribution >= 0.6 is 7.82 Å². The Hall–Kier alpha value is -1.77. The molecule has 0 aliphatic heterocycles. The Bertz CT molecular complexity index is 939. The van der Waals surface area contributed by atoms with Gasteiger partial charge in [0, 0.05) is 19.4 Å². The number of carbonyl (C=O) groups is 2. The lowest BCUT2D eigenvalue weighted by Gasteiger charge is -2.19. The van der Waals surface area contributed by atoms with Gasteiger partial charge in [-0.1, -0.05) is 140 Å². The quantitative estimate of drug-likeness (QED) is 0.0208. The largest absolute Gasteiger partial charge is 0.472 e. The molecule has 0 aliphatic carbocycles. The lowest BCUT2D eigenvalue weighted by molar-refractivity contribution is -0.161. The maximum atomic E-state index is 12.5. The van der Waals surface area contributed by atoms with Crippen LogP contribution in [-0.2, 0) is 32.7 Å². The van der Waals surface area contributed by atoms with Crippen molar-refractivity contribution < 1.29 is 37.6 Å². The van der Waals surface area contributed by atoms with Gasteiger partial charge in [0.25, 0.3) is 0 Å². The zero-order valence-electron chi connectivity index (χ0n) is 32.6. The van der Waals surface area contributed by atoms with Crippen LogP contribution in [-0.4, -0.2) is 49.3 Å². The van der Waals surface area contributed by atoms with Crippen molar-refractivity contribution in [2.75, 3.05) is 26.4 Å². The van der Waals surface area contributed by atoms with E-state index in [-0.39, 0.29) is 32.6 Å². The highest BCUT2D eigenvalue weighted by Crippen LogP contribution is 2.43. The van der Waals surface area contributed by atoms with E-state index in [1.54, 1.807) is 0 Å². The molecule has 0 fully saturated rings. The molecular weight excluding hydrogens is 665 g/mol. The topological polar surface area (TPSA) is 134 Å². The van der Waals surface area contributed by atoms with E-state index in [9.17, 15) is 19.0 Å². The summed E-state index contributed by atoms with van der Waals surface area (Å²) in [4.78, 5) is 34.8. The second-order valence-electron chi connectivity index (χ2n) is 13.5. The van der Waals surface area contributed by atoms with Gasteiger partial charge < -0.3 is 20.1 Å². The smallest absolute Gasteiger partial charge is 0.462 e. The predicted octanol–water partition coefficient (Wildman–Crippen LogP) is 11.4. The second kappa shape index (κ2) is 38.0. The fraction of sp³-hybridized carbons (Fsp3) is 0.805. The zero-order valence-corrected chi connectivity index (χ0v) is 33.5. The molecule has 0 rings (SSSR count). The van der Waals surface area contributed by atoms with Gasteiger partial charge in [0.2, 0.25) is 0 Å². The summed E-state index contributed by atoms with van der Waals surface area (Å²) in [6, 6.07) is 0. The molecule has 51 heavy (non-hydrogen) atoms. The van der Waals surface area contributed by atoms with Crippen LogP contribution in [0.3, 0.4) is 0 Å². The van der Waals surface area contributed by atoms with E-state index in [0.717, 1.165) is 64.2 Å². The Morgan fingerprint density at radius 2 is 1.02 bits per heavy atom. The minimum Gasteiger partial charge on any atom is -0.462 e. The number of allylic oxidation sites excluding steroid dienone is 6. The molecule has 3 N–H and O–H groups in total. The second-order valence-corrected chi connectivity index (χ2v) is 15.0. The maximum Gasteiger partial charge on any atom is 0.472 e. The van der Waals surface area contributed by atoms with E-state index in [2.05, 4.69) is 50.3 Å². The van der Waals surface area contributed by atoms with Crippen molar-refractivity contribution in [2.45, 2.75) is 187 Å². The third-order valence-electron chi connectivity index (χ3n) is 8.53. The number of phosphoric ester groups is 1. The summed E-state index contributed by atoms with van der Waals surface area (Å²) < 4.78 is 32.7. The van der Waals surface area contributed by atoms with Crippen LogP contribution in [0.15, 0.2) is 36.5 Å². The first kappa shape index (κ1) is 49.2. The number of rotatable bonds is 38. The molecule has 0 aromatic rings. The molecule has 0 aromatic carbocycles. The lowest BCUT2D eigenvalue weighted by atomic mass is 10.1. The molecule has 0 saturated heterocycles. The third-order valence-corrected chi connectivity index (χ3v) is 9.51. The zero-order chi connectivity index (χ0) is 37.5. The van der Waals surface area contributed by atoms with Crippen LogP contribution in [0.1, 0.15) is 181 Å². The van der Waals surface area contributed by atoms with E-state index in [0.29, 0.717) is 12.8 Å². The standard InChI is InChI=1S/C41H76NO8P/c1-3-5-7-9-11-13-15-17-19-21-23-25-27-29-31-33-40(43)47-37-39(38-49-51(45,46)48-36-35-42)50-41(44)34-32-30-28-26-24-22-20-18-16-14-12-10-8-6-4-2/h13-17,19,39H,3-12,18,20-38,42H2,1-2H3,(H,45,46)/b15-13+,16-14+,19-17+/t39-/m1/s1. The minimum atomic E-state index is -4.38. The van der Waals surface area contributed by atoms with Crippen molar-refractivity contribution in [3.8, 4) is 0 Å². The van der Waals surface area contributed by atoms with Crippen LogP contribution in [0, 0.1) is 0 Å². The average Bonchev–Trinajstić information content (AvgIpc) is 3.11. The van der Waals surface area contributed by atoms with E-state index < -0.39 is 32.5 Å². The summed E-state index contributed by atoms with van der Waals surface area (Å²) in [5, 5.41) is 0. The van der Waals surface area contributed by atoms with Gasteiger partial charge in [-0.3, -0.25) is 18.6 Å². The number of nitrogens with two attached hydrogens (primary N) is 1. The van der Waals surface area contributed by atoms with Gasteiger partial charge in [0.1, 0.15) is 6.61 Å². The van der Waals surface area contributed by atoms with E-state index in [1.165, 1.54) is 77.0 Å². The summed E-state index contributed by atoms with van der Waals surface area (Å²) in [7, 11) is -4.38. The average molecular weight is 742 g/mol. The van der Waals surface area contributed by atoms with Crippen molar-refractivity contribution in [3.05, 3.63) is 36.5 Å². The number of esters is 2. The van der Waals surface area contributed by atoms with E-state index in [4.69, 9.17) is 24.3 Å². The van der Waals surface area contributed by atoms with Crippen LogP contribution < -0.4 is 5.73 Å². The normalized spacial score (nSPS) is 13.7. The summed E-state index contributed by atoms with van der Waals surface area (Å²) in [5.74, 6) is -0.851. The Kier molecular flexibility index (Phi) is 36.7. The number of unbranched alkanes of at least 4 members (excludes halogenated alkanes) is 20. The highest BCUT2D eigenvalue weighted by atomic mass is 31.2. The van der Waals surface area contributed by atoms with Gasteiger partial charge in [-0.2, -0.15) is 0 Å². The van der Waals surface area contributed by atoms with Gasteiger partial charge in [-0.05, 0) is 64.2 Å². The fourth-order valence-corrected chi connectivity index (χ4v) is 6.21. The first-order valence-corrected chi connectivity index (χ1v) is 22.0. The van der Waals surface area contributed by atoms with Gasteiger partial charge in [0.05, 0.1) is 13.2 Å². The Labute approximate surface area is 312 Å². The molecule has 9 nitrogen and oxygen atoms in total. The molecule has 1 unspecified atom stereocenters. The van der Waals surface area contributed by atoms with Crippen LogP contribution in [0.2, 0.25) is 0 Å². The van der Waals surface area contributed by atoms with Gasteiger partial charge in [-0.25, -0.2) is 4.57 Å². The first-order chi connectivity index (χ1) is 24.8. The van der Waals surface area contributed by atoms with Gasteiger partial charge in [0.15, 0.2) is 6.10 Å². The van der Waals surface area contributed by atoms with E-state index >= 15 is 0 Å². The summed E-state index contributed by atoms with van der Waals surface area (Å²) in [6.07, 6.45) is 40.2. The van der Waals surface area contributed by atoms with Crippen LogP contribution in [0.4, 0.5) is 0 Å². The van der Waals surface area contributed by atoms with Gasteiger partial charge >= 0.3 is 19.8 Å². The fourth-order valence-electron chi connectivity index (χ4n) is 5.44. The first-order valence-electron chi connectivity index (χ1n) is 20.5. The highest BCUT2D eigenvalue weighted by molar-refractivity contribution is 7.47. The molecule has 0 bridgehead atoms. The molecule has 10 heteroatoms. The predicted molar refractivity (Wildman–Crippen MR) is 210 cm³/mol. The van der Waals surface area contributed by atoms with Crippen molar-refractivity contribution in [1.82, 2.24) is 0 Å².